The monoisotopic (exact) mass is 461 g/mol. The first kappa shape index (κ1) is 25.5. The molecular formula is C29H51NO3. The molecule has 0 bridgehead atoms. The molecular weight excluding hydrogens is 410 g/mol. The zero-order chi connectivity index (χ0) is 24.0. The molecule has 0 aromatic carbocycles. The van der Waals surface area contributed by atoms with Crippen LogP contribution in [0.4, 0.5) is 0 Å². The van der Waals surface area contributed by atoms with Gasteiger partial charge in [0.1, 0.15) is 6.23 Å². The van der Waals surface area contributed by atoms with Crippen molar-refractivity contribution in [1.82, 2.24) is 5.32 Å². The van der Waals surface area contributed by atoms with Crippen LogP contribution in [-0.4, -0.2) is 30.5 Å². The normalized spacial score (nSPS) is 51.3. The third-order valence-corrected chi connectivity index (χ3v) is 11.7. The Morgan fingerprint density at radius 1 is 1.06 bits per heavy atom. The largest absolute Gasteiger partial charge is 0.483 e. The van der Waals surface area contributed by atoms with Gasteiger partial charge >= 0.3 is 0 Å². The Bertz CT molecular complexity index is 684. The topological polar surface area (TPSA) is 58.6 Å². The standard InChI is InChI=1S/C28H49NO.CH2O2/c1-7-17(2)16-29-26-19(4)25-24(30-26)15-23-21-9-8-20-14-18(3)10-12-27(20,5)22(21)11-13-28(23,25)6;2-1-3/h17-26,29H,7-16H2,1-6H3;1H,(H,2,3)/t17-,18?,19-,20?,21?,22?,23?,24?,25?,26?,27?,28?;/m0./s1. The van der Waals surface area contributed by atoms with Gasteiger partial charge in [0, 0.05) is 12.5 Å². The van der Waals surface area contributed by atoms with Gasteiger partial charge in [-0.1, -0.05) is 54.4 Å². The molecule has 0 radical (unpaired) electrons. The van der Waals surface area contributed by atoms with Crippen molar-refractivity contribution < 1.29 is 14.6 Å². The Balaban J connectivity index is 0.000000821. The van der Waals surface area contributed by atoms with E-state index in [0.29, 0.717) is 22.9 Å². The molecule has 0 amide bonds. The summed E-state index contributed by atoms with van der Waals surface area (Å²) >= 11 is 0. The predicted octanol–water partition coefficient (Wildman–Crippen LogP) is 6.59. The van der Waals surface area contributed by atoms with Gasteiger partial charge in [-0.2, -0.15) is 0 Å². The van der Waals surface area contributed by atoms with E-state index in [2.05, 4.69) is 46.9 Å². The van der Waals surface area contributed by atoms with Gasteiger partial charge in [-0.05, 0) is 97.2 Å². The summed E-state index contributed by atoms with van der Waals surface area (Å²) in [5.41, 5.74) is 1.16. The number of ether oxygens (including phenoxy) is 1. The first-order valence-electron chi connectivity index (χ1n) is 14.2. The predicted molar refractivity (Wildman–Crippen MR) is 134 cm³/mol. The molecule has 4 heteroatoms. The zero-order valence-electron chi connectivity index (χ0n) is 22.2. The van der Waals surface area contributed by atoms with E-state index in [-0.39, 0.29) is 12.7 Å². The van der Waals surface area contributed by atoms with Gasteiger partial charge in [-0.25, -0.2) is 0 Å². The average molecular weight is 462 g/mol. The number of fused-ring (bicyclic) bond motifs is 7. The number of carbonyl (C=O) groups is 1. The molecule has 5 aliphatic rings. The summed E-state index contributed by atoms with van der Waals surface area (Å²) in [7, 11) is 0. The van der Waals surface area contributed by atoms with Crippen LogP contribution in [0.25, 0.3) is 0 Å². The van der Waals surface area contributed by atoms with E-state index in [1.807, 2.05) is 0 Å². The van der Waals surface area contributed by atoms with Crippen molar-refractivity contribution in [2.45, 2.75) is 112 Å². The molecule has 4 saturated carbocycles. The Morgan fingerprint density at radius 3 is 2.45 bits per heavy atom. The van der Waals surface area contributed by atoms with E-state index in [1.165, 1.54) is 57.8 Å². The molecule has 0 aromatic heterocycles. The molecule has 4 aliphatic carbocycles. The third kappa shape index (κ3) is 4.30. The van der Waals surface area contributed by atoms with Crippen LogP contribution < -0.4 is 5.32 Å². The van der Waals surface area contributed by atoms with Crippen LogP contribution in [0.1, 0.15) is 99.3 Å². The maximum absolute atomic E-state index is 8.36. The van der Waals surface area contributed by atoms with E-state index in [1.54, 1.807) is 0 Å². The molecule has 0 aromatic rings. The molecule has 2 N–H and O–H groups in total. The lowest BCUT2D eigenvalue weighted by Gasteiger charge is -2.61. The number of rotatable bonds is 4. The third-order valence-electron chi connectivity index (χ3n) is 11.7. The first-order chi connectivity index (χ1) is 15.7. The van der Waals surface area contributed by atoms with Crippen molar-refractivity contribution in [2.24, 2.45) is 58.2 Å². The summed E-state index contributed by atoms with van der Waals surface area (Å²) in [5.74, 6) is 7.05. The van der Waals surface area contributed by atoms with E-state index in [9.17, 15) is 0 Å². The summed E-state index contributed by atoms with van der Waals surface area (Å²) in [6, 6.07) is 0. The molecule has 190 valence electrons. The molecule has 33 heavy (non-hydrogen) atoms. The number of carboxylic acid groups (broad SMARTS) is 1. The van der Waals surface area contributed by atoms with Crippen molar-refractivity contribution in [2.75, 3.05) is 6.54 Å². The molecule has 1 saturated heterocycles. The lowest BCUT2D eigenvalue weighted by atomic mass is 9.44. The molecule has 5 rings (SSSR count). The molecule has 10 unspecified atom stereocenters. The maximum atomic E-state index is 8.36. The van der Waals surface area contributed by atoms with Crippen molar-refractivity contribution in [3.63, 3.8) is 0 Å². The number of nitrogens with one attached hydrogen (secondary N) is 1. The van der Waals surface area contributed by atoms with Gasteiger partial charge in [-0.15, -0.1) is 0 Å². The van der Waals surface area contributed by atoms with E-state index < -0.39 is 0 Å². The second-order valence-electron chi connectivity index (χ2n) is 13.3. The van der Waals surface area contributed by atoms with Crippen LogP contribution in [0.2, 0.25) is 0 Å². The summed E-state index contributed by atoms with van der Waals surface area (Å²) in [5, 5.41) is 10.7. The van der Waals surface area contributed by atoms with E-state index in [0.717, 1.165) is 48.0 Å². The van der Waals surface area contributed by atoms with Gasteiger partial charge < -0.3 is 9.84 Å². The maximum Gasteiger partial charge on any atom is 0.290 e. The van der Waals surface area contributed by atoms with Crippen LogP contribution in [0.15, 0.2) is 0 Å². The minimum Gasteiger partial charge on any atom is -0.483 e. The van der Waals surface area contributed by atoms with Gasteiger partial charge in [0.2, 0.25) is 0 Å². The Hall–Kier alpha value is -0.610. The smallest absolute Gasteiger partial charge is 0.290 e. The second kappa shape index (κ2) is 9.80. The van der Waals surface area contributed by atoms with Crippen LogP contribution in [0.5, 0.6) is 0 Å². The number of hydrogen-bond donors (Lipinski definition) is 2. The highest BCUT2D eigenvalue weighted by Gasteiger charge is 2.65. The van der Waals surface area contributed by atoms with Gasteiger partial charge in [0.15, 0.2) is 0 Å². The summed E-state index contributed by atoms with van der Waals surface area (Å²) in [4.78, 5) is 8.36. The molecule has 4 nitrogen and oxygen atoms in total. The minimum absolute atomic E-state index is 0.250. The minimum atomic E-state index is -0.250. The number of hydrogen-bond acceptors (Lipinski definition) is 3. The van der Waals surface area contributed by atoms with Crippen molar-refractivity contribution >= 4 is 6.47 Å². The highest BCUT2D eigenvalue weighted by atomic mass is 16.5. The van der Waals surface area contributed by atoms with Crippen molar-refractivity contribution in [1.29, 1.82) is 0 Å². The zero-order valence-corrected chi connectivity index (χ0v) is 22.2. The first-order valence-corrected chi connectivity index (χ1v) is 14.2. The van der Waals surface area contributed by atoms with Crippen LogP contribution in [-0.2, 0) is 9.53 Å². The fourth-order valence-electron chi connectivity index (χ4n) is 9.78. The van der Waals surface area contributed by atoms with Crippen molar-refractivity contribution in [3.8, 4) is 0 Å². The molecule has 0 spiro atoms. The Morgan fingerprint density at radius 2 is 1.76 bits per heavy atom. The van der Waals surface area contributed by atoms with Crippen LogP contribution in [0, 0.1) is 58.2 Å². The lowest BCUT2D eigenvalue weighted by Crippen LogP contribution is -2.54. The second-order valence-corrected chi connectivity index (χ2v) is 13.3. The summed E-state index contributed by atoms with van der Waals surface area (Å²) in [6.07, 6.45) is 13.9. The van der Waals surface area contributed by atoms with Crippen molar-refractivity contribution in [3.05, 3.63) is 0 Å². The quantitative estimate of drug-likeness (QED) is 0.464. The Labute approximate surface area is 203 Å². The molecule has 5 fully saturated rings. The molecule has 12 atom stereocenters. The highest BCUT2D eigenvalue weighted by molar-refractivity contribution is 5.32. The SMILES string of the molecule is CC[C@H](C)CNC1OC2CC3C4CCC5CC(C)CCC5(C)C4CCC3(C)C2[C@@H]1C.O=CO. The van der Waals surface area contributed by atoms with Crippen LogP contribution in [0.3, 0.4) is 0 Å². The molecule has 1 heterocycles. The average Bonchev–Trinajstić information content (AvgIpc) is 3.26. The van der Waals surface area contributed by atoms with Gasteiger partial charge in [0.25, 0.3) is 6.47 Å². The molecule has 1 aliphatic heterocycles. The fourth-order valence-corrected chi connectivity index (χ4v) is 9.78. The summed E-state index contributed by atoms with van der Waals surface area (Å²) in [6.45, 7) is 15.9. The van der Waals surface area contributed by atoms with Gasteiger partial charge in [0.05, 0.1) is 6.10 Å². The Kier molecular flexibility index (Phi) is 7.57. The lowest BCUT2D eigenvalue weighted by molar-refractivity contribution is -0.122. The summed E-state index contributed by atoms with van der Waals surface area (Å²) < 4.78 is 6.76. The fraction of sp³-hybridized carbons (Fsp3) is 0.966. The van der Waals surface area contributed by atoms with Gasteiger partial charge in [-0.3, -0.25) is 10.1 Å². The van der Waals surface area contributed by atoms with Crippen LogP contribution >= 0.6 is 0 Å². The van der Waals surface area contributed by atoms with E-state index >= 15 is 0 Å². The van der Waals surface area contributed by atoms with E-state index in [4.69, 9.17) is 14.6 Å². The highest BCUT2D eigenvalue weighted by Crippen LogP contribution is 2.70.